The van der Waals surface area contributed by atoms with E-state index in [-0.39, 0.29) is 6.10 Å². The Balaban J connectivity index is 1.55. The van der Waals surface area contributed by atoms with Gasteiger partial charge in [0.2, 0.25) is 0 Å². The van der Waals surface area contributed by atoms with Crippen LogP contribution < -0.4 is 10.5 Å². The van der Waals surface area contributed by atoms with Crippen LogP contribution >= 0.6 is 0 Å². The number of ether oxygens (including phenoxy) is 2. The molecule has 4 aliphatic rings. The smallest absolute Gasteiger partial charge is 0.132 e. The number of rotatable bonds is 3. The van der Waals surface area contributed by atoms with E-state index in [1.54, 1.807) is 0 Å². The number of nitrogens with zero attached hydrogens (tertiary/aromatic N) is 1. The van der Waals surface area contributed by atoms with Crippen molar-refractivity contribution in [2.75, 3.05) is 6.54 Å². The highest BCUT2D eigenvalue weighted by molar-refractivity contribution is 5.98. The zero-order valence-electron chi connectivity index (χ0n) is 20.8. The Bertz CT molecular complexity index is 1550. The molecule has 0 radical (unpaired) electrons. The Kier molecular flexibility index (Phi) is 5.00. The summed E-state index contributed by atoms with van der Waals surface area (Å²) in [5, 5.41) is 0. The fourth-order valence-electron chi connectivity index (χ4n) is 6.31. The molecule has 2 aromatic carbocycles. The average molecular weight is 488 g/mol. The fourth-order valence-corrected chi connectivity index (χ4v) is 6.31. The Morgan fingerprint density at radius 1 is 1.11 bits per heavy atom. The van der Waals surface area contributed by atoms with Crippen LogP contribution in [0.5, 0.6) is 11.5 Å². The number of nitrogens with two attached hydrogens (primary N) is 1. The Labute approximate surface area is 216 Å². The van der Waals surface area contributed by atoms with Gasteiger partial charge >= 0.3 is 0 Å². The highest BCUT2D eigenvalue weighted by Crippen LogP contribution is 2.61. The number of H-pyrrole nitrogens is 1. The number of aliphatic imine (C=N–C) groups is 1. The lowest BCUT2D eigenvalue weighted by Crippen LogP contribution is -2.45. The van der Waals surface area contributed by atoms with Gasteiger partial charge < -0.3 is 20.2 Å². The molecule has 2 aliphatic carbocycles. The van der Waals surface area contributed by atoms with Crippen molar-refractivity contribution in [3.63, 3.8) is 0 Å². The van der Waals surface area contributed by atoms with E-state index in [4.69, 9.17) is 15.2 Å². The van der Waals surface area contributed by atoms with Gasteiger partial charge in [0.25, 0.3) is 0 Å². The van der Waals surface area contributed by atoms with Gasteiger partial charge in [-0.1, -0.05) is 54.6 Å². The van der Waals surface area contributed by atoms with Crippen molar-refractivity contribution in [2.45, 2.75) is 37.7 Å². The van der Waals surface area contributed by atoms with Gasteiger partial charge in [-0.05, 0) is 43.2 Å². The van der Waals surface area contributed by atoms with E-state index in [0.717, 1.165) is 64.5 Å². The van der Waals surface area contributed by atoms with Crippen LogP contribution in [-0.4, -0.2) is 23.5 Å². The third kappa shape index (κ3) is 3.20. The molecule has 3 heterocycles. The first-order chi connectivity index (χ1) is 18.2. The van der Waals surface area contributed by atoms with Crippen molar-refractivity contribution >= 4 is 5.84 Å². The van der Waals surface area contributed by atoms with Crippen LogP contribution in [0.4, 0.5) is 0 Å². The molecule has 2 aliphatic heterocycles. The van der Waals surface area contributed by atoms with Crippen LogP contribution in [0, 0.1) is 0 Å². The van der Waals surface area contributed by atoms with Crippen molar-refractivity contribution in [3.8, 4) is 22.8 Å². The number of aromatic amines is 1. The van der Waals surface area contributed by atoms with E-state index in [1.807, 2.05) is 25.3 Å². The van der Waals surface area contributed by atoms with Gasteiger partial charge in [0.15, 0.2) is 0 Å². The zero-order valence-corrected chi connectivity index (χ0v) is 20.8. The van der Waals surface area contributed by atoms with Gasteiger partial charge in [-0.3, -0.25) is 4.99 Å². The minimum Gasteiger partial charge on any atom is -0.490 e. The molecule has 0 amide bonds. The molecule has 0 bridgehead atoms. The summed E-state index contributed by atoms with van der Waals surface area (Å²) < 4.78 is 13.4. The SMILES string of the molecule is CCN=C(N)c1ccc2c(c1)Oc1cc(-c3ccc[nH]3)ccc1C21C2=CC=CCC2OC2=C1C=CCC2. The van der Waals surface area contributed by atoms with Crippen molar-refractivity contribution < 1.29 is 9.47 Å². The topological polar surface area (TPSA) is 72.6 Å². The normalized spacial score (nSPS) is 23.4. The number of hydrogen-bond acceptors (Lipinski definition) is 3. The minimum atomic E-state index is -0.508. The highest BCUT2D eigenvalue weighted by Gasteiger charge is 2.54. The maximum absolute atomic E-state index is 6.71. The molecule has 1 aromatic heterocycles. The number of allylic oxidation sites excluding steroid dienone is 6. The predicted molar refractivity (Wildman–Crippen MR) is 147 cm³/mol. The maximum Gasteiger partial charge on any atom is 0.132 e. The molecule has 37 heavy (non-hydrogen) atoms. The zero-order chi connectivity index (χ0) is 25.0. The van der Waals surface area contributed by atoms with Gasteiger partial charge in [0.1, 0.15) is 29.2 Å². The van der Waals surface area contributed by atoms with Crippen LogP contribution in [-0.2, 0) is 10.2 Å². The summed E-state index contributed by atoms with van der Waals surface area (Å²) in [5.74, 6) is 3.27. The van der Waals surface area contributed by atoms with Crippen LogP contribution in [0.15, 0.2) is 107 Å². The van der Waals surface area contributed by atoms with Crippen LogP contribution in [0.3, 0.4) is 0 Å². The second kappa shape index (κ2) is 8.41. The molecule has 3 aromatic rings. The molecule has 7 rings (SSSR count). The van der Waals surface area contributed by atoms with E-state index in [9.17, 15) is 0 Å². The molecule has 184 valence electrons. The third-order valence-electron chi connectivity index (χ3n) is 7.88. The molecule has 0 fully saturated rings. The van der Waals surface area contributed by atoms with E-state index in [0.29, 0.717) is 12.4 Å². The summed E-state index contributed by atoms with van der Waals surface area (Å²) in [4.78, 5) is 7.78. The predicted octanol–water partition coefficient (Wildman–Crippen LogP) is 6.69. The summed E-state index contributed by atoms with van der Waals surface area (Å²) in [6.07, 6.45) is 15.8. The molecule has 0 saturated carbocycles. The van der Waals surface area contributed by atoms with Crippen LogP contribution in [0.1, 0.15) is 42.9 Å². The summed E-state index contributed by atoms with van der Waals surface area (Å²) in [6.45, 7) is 2.62. The van der Waals surface area contributed by atoms with Gasteiger partial charge in [0.05, 0.1) is 5.41 Å². The number of nitrogens with one attached hydrogen (secondary N) is 1. The number of hydrogen-bond donors (Lipinski definition) is 2. The van der Waals surface area contributed by atoms with Crippen LogP contribution in [0.25, 0.3) is 11.3 Å². The monoisotopic (exact) mass is 487 g/mol. The third-order valence-corrected chi connectivity index (χ3v) is 7.88. The first kappa shape index (κ1) is 22.0. The van der Waals surface area contributed by atoms with Crippen molar-refractivity contribution in [3.05, 3.63) is 119 Å². The number of fused-ring (bicyclic) bond motifs is 7. The van der Waals surface area contributed by atoms with Crippen molar-refractivity contribution in [1.29, 1.82) is 0 Å². The standard InChI is InChI=1S/C32H29N3O2/c1-2-34-31(33)21-14-16-25-30(19-21)37-29-18-20(26-10-7-17-35-26)13-15-24(29)32(25)22-8-3-5-11-27(22)36-28-12-6-4-9-23(28)32/h3-5,7-10,13-19,27,35H,2,6,11-12H2,1H3,(H2,33,34). The molecule has 5 heteroatoms. The summed E-state index contributed by atoms with van der Waals surface area (Å²) in [5.41, 5.74) is 13.6. The molecule has 5 nitrogen and oxygen atoms in total. The van der Waals surface area contributed by atoms with E-state index in [1.165, 1.54) is 11.1 Å². The number of aromatic nitrogens is 1. The molecule has 2 atom stereocenters. The summed E-state index contributed by atoms with van der Waals surface area (Å²) in [6, 6.07) is 17.0. The quantitative estimate of drug-likeness (QED) is 0.319. The lowest BCUT2D eigenvalue weighted by molar-refractivity contribution is 0.109. The Hall–Kier alpha value is -4.25. The summed E-state index contributed by atoms with van der Waals surface area (Å²) >= 11 is 0. The maximum atomic E-state index is 6.71. The Morgan fingerprint density at radius 2 is 1.97 bits per heavy atom. The van der Waals surface area contributed by atoms with E-state index < -0.39 is 5.41 Å². The van der Waals surface area contributed by atoms with Crippen LogP contribution in [0.2, 0.25) is 0 Å². The molecule has 1 spiro atoms. The van der Waals surface area contributed by atoms with Gasteiger partial charge in [-0.2, -0.15) is 0 Å². The second-order valence-electron chi connectivity index (χ2n) is 9.89. The van der Waals surface area contributed by atoms with E-state index >= 15 is 0 Å². The molecule has 0 saturated heterocycles. The highest BCUT2D eigenvalue weighted by atomic mass is 16.5. The van der Waals surface area contributed by atoms with Crippen molar-refractivity contribution in [2.24, 2.45) is 10.7 Å². The van der Waals surface area contributed by atoms with Gasteiger partial charge in [-0.25, -0.2) is 0 Å². The number of benzene rings is 2. The first-order valence-corrected chi connectivity index (χ1v) is 13.0. The minimum absolute atomic E-state index is 0.0106. The Morgan fingerprint density at radius 3 is 2.81 bits per heavy atom. The molecular weight excluding hydrogens is 458 g/mol. The van der Waals surface area contributed by atoms with Gasteiger partial charge in [0, 0.05) is 59.1 Å². The lowest BCUT2D eigenvalue weighted by atomic mass is 9.58. The average Bonchev–Trinajstić information content (AvgIpc) is 3.48. The second-order valence-corrected chi connectivity index (χ2v) is 9.89. The lowest BCUT2D eigenvalue weighted by Gasteiger charge is -2.50. The van der Waals surface area contributed by atoms with Gasteiger partial charge in [-0.15, -0.1) is 0 Å². The molecule has 2 unspecified atom stereocenters. The fraction of sp³-hybridized carbons (Fsp3) is 0.219. The number of amidine groups is 1. The largest absolute Gasteiger partial charge is 0.490 e. The van der Waals surface area contributed by atoms with E-state index in [2.05, 4.69) is 76.8 Å². The first-order valence-electron chi connectivity index (χ1n) is 13.0. The molecular formula is C32H29N3O2. The molecule has 3 N–H and O–H groups in total. The van der Waals surface area contributed by atoms with Crippen molar-refractivity contribution in [1.82, 2.24) is 4.98 Å². The summed E-state index contributed by atoms with van der Waals surface area (Å²) in [7, 11) is 0.